The van der Waals surface area contributed by atoms with Crippen molar-refractivity contribution < 1.29 is 47.6 Å². The van der Waals surface area contributed by atoms with Gasteiger partial charge in [-0.1, -0.05) is 18.2 Å². The summed E-state index contributed by atoms with van der Waals surface area (Å²) in [5, 5.41) is 22.2. The Labute approximate surface area is 230 Å². The van der Waals surface area contributed by atoms with Crippen molar-refractivity contribution in [2.75, 3.05) is 33.5 Å². The van der Waals surface area contributed by atoms with Gasteiger partial charge < -0.3 is 38.2 Å². The van der Waals surface area contributed by atoms with E-state index < -0.39 is 61.3 Å². The zero-order valence-corrected chi connectivity index (χ0v) is 23.5. The number of aliphatic hydroxyl groups excluding tert-OH is 2. The van der Waals surface area contributed by atoms with E-state index in [-0.39, 0.29) is 37.6 Å². The van der Waals surface area contributed by atoms with Gasteiger partial charge in [0.05, 0.1) is 32.0 Å². The lowest BCUT2D eigenvalue weighted by Crippen LogP contribution is -2.48. The number of carbonyl (C=O) groups excluding carboxylic acids is 1. The number of benzene rings is 1. The fourth-order valence-electron chi connectivity index (χ4n) is 4.19. The Morgan fingerprint density at radius 1 is 1.10 bits per heavy atom. The number of nitrogens with one attached hydrogen (secondary N) is 1. The Bertz CT molecular complexity index is 1270. The van der Waals surface area contributed by atoms with Crippen LogP contribution in [0, 0.1) is 6.92 Å². The van der Waals surface area contributed by atoms with Crippen LogP contribution < -0.4 is 11.2 Å². The van der Waals surface area contributed by atoms with Gasteiger partial charge in [0.15, 0.2) is 18.2 Å². The molecule has 0 bridgehead atoms. The molecular formula is C25H35N2O12P. The first-order valence-corrected chi connectivity index (χ1v) is 14.3. The van der Waals surface area contributed by atoms with Crippen molar-refractivity contribution in [2.45, 2.75) is 57.3 Å². The molecule has 1 aromatic carbocycles. The molecule has 1 aliphatic heterocycles. The summed E-state index contributed by atoms with van der Waals surface area (Å²) >= 11 is 0. The van der Waals surface area contributed by atoms with Gasteiger partial charge in [0.1, 0.15) is 18.3 Å². The molecule has 1 aliphatic rings. The fraction of sp³-hybridized carbons (Fsp3) is 0.560. The minimum Gasteiger partial charge on any atom is -0.453 e. The van der Waals surface area contributed by atoms with Crippen LogP contribution in [0.3, 0.4) is 0 Å². The molecule has 1 aromatic heterocycles. The number of methoxy groups -OCH3 is 1. The molecule has 1 fully saturated rings. The number of aromatic nitrogens is 2. The lowest BCUT2D eigenvalue weighted by atomic mass is 10.0. The summed E-state index contributed by atoms with van der Waals surface area (Å²) in [6, 6.07) is 7.96. The SMILES string of the molecule is CCOP(=O)(OCC)[C@H](O)[C@@H](O)[C@H]1O[C@@H](n2cc(C)c(=O)[nH]c2=O)[C@H](OCCOC)[C@@H]1OC(=O)c1ccccc1. The summed E-state index contributed by atoms with van der Waals surface area (Å²) in [4.78, 5) is 40.1. The number of nitrogens with zero attached hydrogens (tertiary/aromatic N) is 1. The monoisotopic (exact) mass is 586 g/mol. The summed E-state index contributed by atoms with van der Waals surface area (Å²) in [6.07, 6.45) is -6.43. The molecule has 2 aromatic rings. The minimum absolute atomic E-state index is 0.0424. The molecule has 0 unspecified atom stereocenters. The highest BCUT2D eigenvalue weighted by Gasteiger charge is 2.56. The van der Waals surface area contributed by atoms with Gasteiger partial charge in [-0.05, 0) is 32.9 Å². The second-order valence-corrected chi connectivity index (χ2v) is 10.9. The molecule has 0 spiro atoms. The van der Waals surface area contributed by atoms with Gasteiger partial charge in [-0.25, -0.2) is 9.59 Å². The van der Waals surface area contributed by atoms with E-state index in [0.29, 0.717) is 0 Å². The zero-order valence-electron chi connectivity index (χ0n) is 22.6. The molecule has 14 nitrogen and oxygen atoms in total. The first-order valence-electron chi connectivity index (χ1n) is 12.7. The third kappa shape index (κ3) is 7.14. The lowest BCUT2D eigenvalue weighted by Gasteiger charge is -2.31. The number of hydrogen-bond donors (Lipinski definition) is 3. The number of aryl methyl sites for hydroxylation is 1. The van der Waals surface area contributed by atoms with E-state index in [1.807, 2.05) is 0 Å². The molecule has 3 N–H and O–H groups in total. The van der Waals surface area contributed by atoms with Crippen molar-refractivity contribution in [3.8, 4) is 0 Å². The van der Waals surface area contributed by atoms with Crippen molar-refractivity contribution in [3.63, 3.8) is 0 Å². The van der Waals surface area contributed by atoms with Crippen LogP contribution in [0.25, 0.3) is 0 Å². The van der Waals surface area contributed by atoms with Gasteiger partial charge in [0.25, 0.3) is 5.56 Å². The number of aliphatic hydroxyl groups is 2. The summed E-state index contributed by atoms with van der Waals surface area (Å²) in [7, 11) is -2.85. The highest BCUT2D eigenvalue weighted by molar-refractivity contribution is 7.54. The summed E-state index contributed by atoms with van der Waals surface area (Å²) < 4.78 is 47.4. The van der Waals surface area contributed by atoms with Crippen LogP contribution in [-0.2, 0) is 32.6 Å². The van der Waals surface area contributed by atoms with E-state index in [1.54, 1.807) is 18.2 Å². The van der Waals surface area contributed by atoms with Crippen LogP contribution in [0.15, 0.2) is 46.1 Å². The Morgan fingerprint density at radius 2 is 1.75 bits per heavy atom. The average Bonchev–Trinajstić information content (AvgIpc) is 3.28. The molecule has 0 saturated carbocycles. The van der Waals surface area contributed by atoms with Crippen LogP contribution in [0.1, 0.15) is 36.0 Å². The largest absolute Gasteiger partial charge is 0.453 e. The minimum atomic E-state index is -4.29. The molecule has 0 aliphatic carbocycles. The van der Waals surface area contributed by atoms with Crippen LogP contribution in [0.4, 0.5) is 0 Å². The maximum atomic E-state index is 13.3. The first-order chi connectivity index (χ1) is 19.1. The quantitative estimate of drug-likeness (QED) is 0.162. The van der Waals surface area contributed by atoms with Gasteiger partial charge in [-0.2, -0.15) is 0 Å². The Hall–Kier alpha value is -2.68. The van der Waals surface area contributed by atoms with Gasteiger partial charge in [-0.15, -0.1) is 0 Å². The van der Waals surface area contributed by atoms with E-state index in [0.717, 1.165) is 4.57 Å². The molecule has 1 saturated heterocycles. The predicted octanol–water partition coefficient (Wildman–Crippen LogP) is 0.945. The Kier molecular flexibility index (Phi) is 11.4. The van der Waals surface area contributed by atoms with E-state index >= 15 is 0 Å². The van der Waals surface area contributed by atoms with Crippen molar-refractivity contribution >= 4 is 13.6 Å². The lowest BCUT2D eigenvalue weighted by molar-refractivity contribution is -0.113. The highest BCUT2D eigenvalue weighted by atomic mass is 31.2. The van der Waals surface area contributed by atoms with Crippen LogP contribution in [0.2, 0.25) is 0 Å². The molecule has 40 heavy (non-hydrogen) atoms. The van der Waals surface area contributed by atoms with E-state index in [9.17, 15) is 29.2 Å². The standard InChI is InChI=1S/C25H35N2O12P/c1-5-36-40(33,37-6-2)24(31)17(28)18-19(39-23(30)16-10-8-7-9-11-16)20(35-13-12-34-4)22(38-18)27-14-15(3)21(29)26-25(27)32/h7-11,14,17-20,22,24,28,31H,5-6,12-13H2,1-4H3,(H,26,29,32)/t17-,18+,19+,20+,22+,24-/m0/s1. The summed E-state index contributed by atoms with van der Waals surface area (Å²) in [5.41, 5.74) is -1.15. The van der Waals surface area contributed by atoms with Crippen molar-refractivity contribution in [1.82, 2.24) is 9.55 Å². The number of hydrogen-bond acceptors (Lipinski definition) is 12. The fourth-order valence-corrected chi connectivity index (χ4v) is 5.83. The molecule has 0 radical (unpaired) electrons. The van der Waals surface area contributed by atoms with E-state index in [1.165, 1.54) is 46.2 Å². The second-order valence-electron chi connectivity index (χ2n) is 8.81. The van der Waals surface area contributed by atoms with E-state index in [2.05, 4.69) is 4.98 Å². The maximum absolute atomic E-state index is 13.3. The smallest absolute Gasteiger partial charge is 0.361 e. The van der Waals surface area contributed by atoms with E-state index in [4.69, 9.17) is 28.0 Å². The molecule has 0 amide bonds. The summed E-state index contributed by atoms with van der Waals surface area (Å²) in [5.74, 6) is -2.94. The molecule has 3 rings (SSSR count). The van der Waals surface area contributed by atoms with Crippen molar-refractivity contribution in [3.05, 3.63) is 68.5 Å². The predicted molar refractivity (Wildman–Crippen MR) is 140 cm³/mol. The van der Waals surface area contributed by atoms with Gasteiger partial charge in [-0.3, -0.25) is 18.9 Å². The molecular weight excluding hydrogens is 551 g/mol. The third-order valence-electron chi connectivity index (χ3n) is 6.08. The Balaban J connectivity index is 2.09. The third-order valence-corrected chi connectivity index (χ3v) is 8.27. The van der Waals surface area contributed by atoms with Crippen molar-refractivity contribution in [1.29, 1.82) is 0 Å². The number of rotatable bonds is 14. The van der Waals surface area contributed by atoms with Crippen molar-refractivity contribution in [2.24, 2.45) is 0 Å². The molecule has 6 atom stereocenters. The van der Waals surface area contributed by atoms with Crippen LogP contribution in [-0.4, -0.2) is 89.5 Å². The molecule has 2 heterocycles. The second kappa shape index (κ2) is 14.3. The number of carbonyl (C=O) groups is 1. The zero-order chi connectivity index (χ0) is 29.4. The molecule has 15 heteroatoms. The maximum Gasteiger partial charge on any atom is 0.361 e. The van der Waals surface area contributed by atoms with Gasteiger partial charge in [0.2, 0.25) is 0 Å². The topological polar surface area (TPSA) is 185 Å². The number of H-pyrrole nitrogens is 1. The Morgan fingerprint density at radius 3 is 2.35 bits per heavy atom. The van der Waals surface area contributed by atoms with Crippen LogP contribution >= 0.6 is 7.60 Å². The number of aromatic amines is 1. The summed E-state index contributed by atoms with van der Waals surface area (Å²) in [6.45, 7) is 4.39. The first kappa shape index (κ1) is 31.8. The van der Waals surface area contributed by atoms with Gasteiger partial charge in [0, 0.05) is 18.9 Å². The highest BCUT2D eigenvalue weighted by Crippen LogP contribution is 2.54. The van der Waals surface area contributed by atoms with Gasteiger partial charge >= 0.3 is 19.3 Å². The number of esters is 1. The average molecular weight is 587 g/mol. The normalized spacial score (nSPS) is 22.6. The molecule has 222 valence electrons. The van der Waals surface area contributed by atoms with Crippen LogP contribution in [0.5, 0.6) is 0 Å². The number of ether oxygens (including phenoxy) is 4.